The van der Waals surface area contributed by atoms with Crippen molar-refractivity contribution in [2.24, 2.45) is 0 Å². The van der Waals surface area contributed by atoms with Crippen LogP contribution in [0.5, 0.6) is 5.75 Å². The van der Waals surface area contributed by atoms with E-state index in [1.807, 2.05) is 30.3 Å². The number of benzene rings is 2. The first kappa shape index (κ1) is 21.1. The second-order valence-electron chi connectivity index (χ2n) is 7.82. The van der Waals surface area contributed by atoms with E-state index in [2.05, 4.69) is 25.8 Å². The van der Waals surface area contributed by atoms with E-state index < -0.39 is 5.97 Å². The molecule has 0 aliphatic heterocycles. The van der Waals surface area contributed by atoms with Crippen LogP contribution in [0, 0.1) is 11.3 Å². The third-order valence-electron chi connectivity index (χ3n) is 4.61. The summed E-state index contributed by atoms with van der Waals surface area (Å²) in [4.78, 5) is 29.1. The lowest BCUT2D eigenvalue weighted by atomic mass is 9.87. The van der Waals surface area contributed by atoms with Crippen LogP contribution in [0.4, 0.5) is 0 Å². The zero-order valence-electron chi connectivity index (χ0n) is 17.2. The van der Waals surface area contributed by atoms with E-state index in [1.165, 1.54) is 4.57 Å². The van der Waals surface area contributed by atoms with Crippen LogP contribution in [0.3, 0.4) is 0 Å². The van der Waals surface area contributed by atoms with Crippen LogP contribution >= 0.6 is 0 Å². The standard InChI is InChI=1S/C23H23N3O4/c1-23(2,3)16-8-10-17(11-9-16)29-15-21(27)30-14-20-25-19-7-5-4-6-18(19)22(28)26(20)13-12-24/h4-11H,13-15H2,1-3H3. The number of para-hydroxylation sites is 1. The van der Waals surface area contributed by atoms with Crippen molar-refractivity contribution in [1.29, 1.82) is 5.26 Å². The molecule has 0 atom stereocenters. The Morgan fingerprint density at radius 1 is 1.13 bits per heavy atom. The second kappa shape index (κ2) is 8.78. The van der Waals surface area contributed by atoms with Gasteiger partial charge in [-0.25, -0.2) is 9.78 Å². The van der Waals surface area contributed by atoms with Crippen LogP contribution in [0.25, 0.3) is 10.9 Å². The number of ether oxygens (including phenoxy) is 2. The molecular formula is C23H23N3O4. The van der Waals surface area contributed by atoms with E-state index >= 15 is 0 Å². The Kier molecular flexibility index (Phi) is 6.17. The van der Waals surface area contributed by atoms with Gasteiger partial charge in [0.05, 0.1) is 17.0 Å². The zero-order valence-corrected chi connectivity index (χ0v) is 17.2. The minimum Gasteiger partial charge on any atom is -0.482 e. The highest BCUT2D eigenvalue weighted by atomic mass is 16.6. The topological polar surface area (TPSA) is 94.2 Å². The fourth-order valence-corrected chi connectivity index (χ4v) is 2.94. The largest absolute Gasteiger partial charge is 0.482 e. The molecule has 0 spiro atoms. The number of hydrogen-bond donors (Lipinski definition) is 0. The summed E-state index contributed by atoms with van der Waals surface area (Å²) in [6, 6.07) is 16.3. The predicted octanol–water partition coefficient (Wildman–Crippen LogP) is 3.34. The molecule has 0 radical (unpaired) electrons. The van der Waals surface area contributed by atoms with E-state index in [9.17, 15) is 9.59 Å². The lowest BCUT2D eigenvalue weighted by Gasteiger charge is -2.19. The van der Waals surface area contributed by atoms with Crippen LogP contribution in [-0.2, 0) is 28.1 Å². The summed E-state index contributed by atoms with van der Waals surface area (Å²) in [6.07, 6.45) is 0. The predicted molar refractivity (Wildman–Crippen MR) is 112 cm³/mol. The molecule has 0 saturated carbocycles. The first-order valence-corrected chi connectivity index (χ1v) is 9.54. The van der Waals surface area contributed by atoms with E-state index in [1.54, 1.807) is 24.3 Å². The van der Waals surface area contributed by atoms with Gasteiger partial charge in [-0.05, 0) is 35.2 Å². The number of carbonyl (C=O) groups excluding carboxylic acids is 1. The van der Waals surface area contributed by atoms with Crippen LogP contribution < -0.4 is 10.3 Å². The maximum Gasteiger partial charge on any atom is 0.344 e. The molecule has 0 amide bonds. The molecule has 0 aliphatic carbocycles. The molecule has 7 nitrogen and oxygen atoms in total. The number of carbonyl (C=O) groups is 1. The number of hydrogen-bond acceptors (Lipinski definition) is 6. The summed E-state index contributed by atoms with van der Waals surface area (Å²) in [6.45, 7) is 5.67. The van der Waals surface area contributed by atoms with Gasteiger partial charge in [-0.3, -0.25) is 9.36 Å². The summed E-state index contributed by atoms with van der Waals surface area (Å²) in [5.41, 5.74) is 1.33. The fraction of sp³-hybridized carbons (Fsp3) is 0.304. The average molecular weight is 405 g/mol. The number of nitrogens with zero attached hydrogens (tertiary/aromatic N) is 3. The number of aromatic nitrogens is 2. The molecule has 0 fully saturated rings. The highest BCUT2D eigenvalue weighted by Gasteiger charge is 2.15. The first-order valence-electron chi connectivity index (χ1n) is 9.54. The van der Waals surface area contributed by atoms with Gasteiger partial charge in [-0.2, -0.15) is 5.26 Å². The van der Waals surface area contributed by atoms with Crippen molar-refractivity contribution >= 4 is 16.9 Å². The third-order valence-corrected chi connectivity index (χ3v) is 4.61. The van der Waals surface area contributed by atoms with Crippen LogP contribution in [0.2, 0.25) is 0 Å². The number of nitriles is 1. The van der Waals surface area contributed by atoms with E-state index in [0.29, 0.717) is 16.7 Å². The van der Waals surface area contributed by atoms with Gasteiger partial charge in [0.15, 0.2) is 12.4 Å². The Hall–Kier alpha value is -3.66. The number of esters is 1. The fourth-order valence-electron chi connectivity index (χ4n) is 2.94. The summed E-state index contributed by atoms with van der Waals surface area (Å²) >= 11 is 0. The molecule has 0 N–H and O–H groups in total. The summed E-state index contributed by atoms with van der Waals surface area (Å²) in [5, 5.41) is 9.44. The van der Waals surface area contributed by atoms with Gasteiger partial charge in [-0.15, -0.1) is 0 Å². The lowest BCUT2D eigenvalue weighted by molar-refractivity contribution is -0.147. The molecule has 0 aliphatic rings. The molecule has 2 aromatic carbocycles. The maximum absolute atomic E-state index is 12.6. The van der Waals surface area contributed by atoms with Crippen molar-refractivity contribution in [3.63, 3.8) is 0 Å². The molecule has 0 unspecified atom stereocenters. The SMILES string of the molecule is CC(C)(C)c1ccc(OCC(=O)OCc2nc3ccccc3c(=O)n2CC#N)cc1. The van der Waals surface area contributed by atoms with Gasteiger partial charge >= 0.3 is 5.97 Å². The van der Waals surface area contributed by atoms with Crippen molar-refractivity contribution in [1.82, 2.24) is 9.55 Å². The van der Waals surface area contributed by atoms with Gasteiger partial charge in [-0.1, -0.05) is 45.0 Å². The van der Waals surface area contributed by atoms with Crippen LogP contribution in [0.15, 0.2) is 53.3 Å². The summed E-state index contributed by atoms with van der Waals surface area (Å²) < 4.78 is 11.9. The Labute approximate surface area is 174 Å². The van der Waals surface area contributed by atoms with Crippen molar-refractivity contribution in [3.05, 3.63) is 70.3 Å². The molecule has 30 heavy (non-hydrogen) atoms. The second-order valence-corrected chi connectivity index (χ2v) is 7.82. The highest BCUT2D eigenvalue weighted by molar-refractivity contribution is 5.77. The normalized spacial score (nSPS) is 11.1. The summed E-state index contributed by atoms with van der Waals surface area (Å²) in [7, 11) is 0. The minimum atomic E-state index is -0.596. The molecule has 1 heterocycles. The minimum absolute atomic E-state index is 0.0313. The quantitative estimate of drug-likeness (QED) is 0.584. The Balaban J connectivity index is 1.66. The Morgan fingerprint density at radius 3 is 2.50 bits per heavy atom. The van der Waals surface area contributed by atoms with Gasteiger partial charge < -0.3 is 9.47 Å². The highest BCUT2D eigenvalue weighted by Crippen LogP contribution is 2.24. The lowest BCUT2D eigenvalue weighted by Crippen LogP contribution is -2.26. The first-order chi connectivity index (χ1) is 14.3. The molecule has 0 saturated heterocycles. The van der Waals surface area contributed by atoms with Crippen molar-refractivity contribution in [3.8, 4) is 11.8 Å². The molecule has 0 bridgehead atoms. The number of fused-ring (bicyclic) bond motifs is 1. The van der Waals surface area contributed by atoms with Gasteiger partial charge in [0.2, 0.25) is 0 Å². The smallest absolute Gasteiger partial charge is 0.344 e. The maximum atomic E-state index is 12.6. The monoisotopic (exact) mass is 405 g/mol. The molecule has 1 aromatic heterocycles. The molecule has 3 aromatic rings. The van der Waals surface area contributed by atoms with Gasteiger partial charge in [0.25, 0.3) is 5.56 Å². The molecule has 154 valence electrons. The van der Waals surface area contributed by atoms with Crippen molar-refractivity contribution < 1.29 is 14.3 Å². The van der Waals surface area contributed by atoms with Crippen molar-refractivity contribution in [2.75, 3.05) is 6.61 Å². The Morgan fingerprint density at radius 2 is 1.83 bits per heavy atom. The third kappa shape index (κ3) is 4.84. The summed E-state index contributed by atoms with van der Waals surface area (Å²) in [5.74, 6) is 0.175. The van der Waals surface area contributed by atoms with Gasteiger partial charge in [0.1, 0.15) is 18.9 Å². The van der Waals surface area contributed by atoms with Gasteiger partial charge in [0, 0.05) is 0 Å². The van der Waals surface area contributed by atoms with Crippen LogP contribution in [-0.4, -0.2) is 22.1 Å². The molecule has 7 heteroatoms. The van der Waals surface area contributed by atoms with Crippen molar-refractivity contribution in [2.45, 2.75) is 39.3 Å². The average Bonchev–Trinajstić information content (AvgIpc) is 2.73. The number of rotatable bonds is 6. The zero-order chi connectivity index (χ0) is 21.7. The van der Waals surface area contributed by atoms with E-state index in [4.69, 9.17) is 14.7 Å². The molecule has 3 rings (SSSR count). The van der Waals surface area contributed by atoms with E-state index in [-0.39, 0.29) is 36.6 Å². The Bertz CT molecular complexity index is 1150. The molecular weight excluding hydrogens is 382 g/mol. The van der Waals surface area contributed by atoms with Crippen LogP contribution in [0.1, 0.15) is 32.2 Å². The van der Waals surface area contributed by atoms with E-state index in [0.717, 1.165) is 5.56 Å².